The van der Waals surface area contributed by atoms with Crippen molar-refractivity contribution >= 4 is 5.69 Å². The topological polar surface area (TPSA) is 28.2 Å². The van der Waals surface area contributed by atoms with Crippen molar-refractivity contribution in [2.24, 2.45) is 0 Å². The monoisotopic (exact) mass is 295 g/mol. The van der Waals surface area contributed by atoms with Gasteiger partial charge < -0.3 is 10.2 Å². The summed E-state index contributed by atoms with van der Waals surface area (Å²) in [6, 6.07) is 11.6. The second kappa shape index (κ2) is 6.93. The lowest BCUT2D eigenvalue weighted by atomic mass is 10.0. The van der Waals surface area contributed by atoms with Gasteiger partial charge in [-0.15, -0.1) is 0 Å². The number of pyridine rings is 1. The SMILES string of the molecule is CC(Cc1ccc2c(c1)CCN2)N(C)CCc1ccncc1. The van der Waals surface area contributed by atoms with Gasteiger partial charge in [-0.25, -0.2) is 0 Å². The molecule has 0 aliphatic carbocycles. The van der Waals surface area contributed by atoms with Gasteiger partial charge in [0.2, 0.25) is 0 Å². The van der Waals surface area contributed by atoms with E-state index in [0.29, 0.717) is 6.04 Å². The zero-order chi connectivity index (χ0) is 15.4. The fourth-order valence-corrected chi connectivity index (χ4v) is 3.06. The minimum Gasteiger partial charge on any atom is -0.384 e. The van der Waals surface area contributed by atoms with E-state index in [0.717, 1.165) is 32.4 Å². The highest BCUT2D eigenvalue weighted by Crippen LogP contribution is 2.23. The van der Waals surface area contributed by atoms with Crippen LogP contribution in [0.4, 0.5) is 5.69 Å². The molecule has 22 heavy (non-hydrogen) atoms. The first kappa shape index (κ1) is 15.0. The van der Waals surface area contributed by atoms with Gasteiger partial charge in [0.05, 0.1) is 0 Å². The van der Waals surface area contributed by atoms with Crippen LogP contribution >= 0.6 is 0 Å². The van der Waals surface area contributed by atoms with Crippen LogP contribution in [0.25, 0.3) is 0 Å². The van der Waals surface area contributed by atoms with E-state index < -0.39 is 0 Å². The summed E-state index contributed by atoms with van der Waals surface area (Å²) in [5, 5.41) is 3.43. The second-order valence-corrected chi connectivity index (χ2v) is 6.31. The number of aromatic nitrogens is 1. The Morgan fingerprint density at radius 1 is 1.18 bits per heavy atom. The van der Waals surface area contributed by atoms with E-state index in [4.69, 9.17) is 0 Å². The van der Waals surface area contributed by atoms with Crippen molar-refractivity contribution in [3.8, 4) is 0 Å². The van der Waals surface area contributed by atoms with E-state index in [2.05, 4.69) is 59.5 Å². The zero-order valence-electron chi connectivity index (χ0n) is 13.5. The molecule has 0 saturated heterocycles. The molecule has 0 radical (unpaired) electrons. The van der Waals surface area contributed by atoms with Crippen LogP contribution in [0.5, 0.6) is 0 Å². The minimum absolute atomic E-state index is 0.550. The van der Waals surface area contributed by atoms with Crippen molar-refractivity contribution in [2.45, 2.75) is 32.2 Å². The van der Waals surface area contributed by atoms with Crippen LogP contribution in [-0.2, 0) is 19.3 Å². The molecule has 0 bridgehead atoms. The molecule has 3 nitrogen and oxygen atoms in total. The molecule has 0 fully saturated rings. The first-order valence-electron chi connectivity index (χ1n) is 8.17. The molecule has 0 saturated carbocycles. The van der Waals surface area contributed by atoms with Gasteiger partial charge in [-0.3, -0.25) is 4.98 Å². The summed E-state index contributed by atoms with van der Waals surface area (Å²) < 4.78 is 0. The summed E-state index contributed by atoms with van der Waals surface area (Å²) >= 11 is 0. The van der Waals surface area contributed by atoms with Gasteiger partial charge in [0.1, 0.15) is 0 Å². The van der Waals surface area contributed by atoms with Crippen molar-refractivity contribution in [1.29, 1.82) is 0 Å². The molecule has 3 heteroatoms. The second-order valence-electron chi connectivity index (χ2n) is 6.31. The minimum atomic E-state index is 0.550. The van der Waals surface area contributed by atoms with Gasteiger partial charge in [0, 0.05) is 37.2 Å². The number of hydrogen-bond acceptors (Lipinski definition) is 3. The first-order chi connectivity index (χ1) is 10.7. The number of benzene rings is 1. The average Bonchev–Trinajstić information content (AvgIpc) is 3.01. The molecule has 1 unspecified atom stereocenters. The summed E-state index contributed by atoms with van der Waals surface area (Å²) in [4.78, 5) is 6.52. The van der Waals surface area contributed by atoms with Gasteiger partial charge in [-0.05, 0) is 68.1 Å². The molecule has 1 aromatic heterocycles. The third-order valence-corrected chi connectivity index (χ3v) is 4.67. The molecule has 1 atom stereocenters. The molecular weight excluding hydrogens is 270 g/mol. The quantitative estimate of drug-likeness (QED) is 0.887. The maximum absolute atomic E-state index is 4.07. The Morgan fingerprint density at radius 3 is 2.82 bits per heavy atom. The molecular formula is C19H25N3. The van der Waals surface area contributed by atoms with Gasteiger partial charge in [-0.2, -0.15) is 0 Å². The Morgan fingerprint density at radius 2 is 2.00 bits per heavy atom. The summed E-state index contributed by atoms with van der Waals surface area (Å²) in [7, 11) is 2.22. The van der Waals surface area contributed by atoms with Gasteiger partial charge in [0.25, 0.3) is 0 Å². The predicted molar refractivity (Wildman–Crippen MR) is 92.4 cm³/mol. The van der Waals surface area contributed by atoms with Crippen molar-refractivity contribution in [1.82, 2.24) is 9.88 Å². The fraction of sp³-hybridized carbons (Fsp3) is 0.421. The highest BCUT2D eigenvalue weighted by atomic mass is 15.1. The van der Waals surface area contributed by atoms with Crippen LogP contribution in [-0.4, -0.2) is 36.1 Å². The van der Waals surface area contributed by atoms with Crippen LogP contribution in [0.1, 0.15) is 23.6 Å². The van der Waals surface area contributed by atoms with Crippen molar-refractivity contribution in [2.75, 3.05) is 25.5 Å². The third-order valence-electron chi connectivity index (χ3n) is 4.67. The van der Waals surface area contributed by atoms with Gasteiger partial charge in [-0.1, -0.05) is 12.1 Å². The maximum atomic E-state index is 4.07. The molecule has 0 spiro atoms. The Bertz CT molecular complexity index is 609. The van der Waals surface area contributed by atoms with E-state index in [1.165, 1.54) is 22.4 Å². The van der Waals surface area contributed by atoms with Crippen molar-refractivity contribution in [3.63, 3.8) is 0 Å². The van der Waals surface area contributed by atoms with Crippen LogP contribution in [0.2, 0.25) is 0 Å². The Labute approximate surface area is 133 Å². The van der Waals surface area contributed by atoms with Crippen LogP contribution in [0.3, 0.4) is 0 Å². The lowest BCUT2D eigenvalue weighted by Crippen LogP contribution is -2.32. The summed E-state index contributed by atoms with van der Waals surface area (Å²) in [6.07, 6.45) is 7.10. The van der Waals surface area contributed by atoms with Crippen molar-refractivity contribution < 1.29 is 0 Å². The first-order valence-corrected chi connectivity index (χ1v) is 8.17. The van der Waals surface area contributed by atoms with E-state index in [1.54, 1.807) is 0 Å². The third kappa shape index (κ3) is 3.66. The summed E-state index contributed by atoms with van der Waals surface area (Å²) in [5.74, 6) is 0. The van der Waals surface area contributed by atoms with Crippen LogP contribution in [0, 0.1) is 0 Å². The van der Waals surface area contributed by atoms with E-state index >= 15 is 0 Å². The molecule has 2 heterocycles. The lowest BCUT2D eigenvalue weighted by Gasteiger charge is -2.25. The molecule has 0 amide bonds. The van der Waals surface area contributed by atoms with E-state index in [-0.39, 0.29) is 0 Å². The number of hydrogen-bond donors (Lipinski definition) is 1. The highest BCUT2D eigenvalue weighted by Gasteiger charge is 2.13. The smallest absolute Gasteiger partial charge is 0.0373 e. The normalized spacial score (nSPS) is 14.7. The number of fused-ring (bicyclic) bond motifs is 1. The van der Waals surface area contributed by atoms with Gasteiger partial charge in [0.15, 0.2) is 0 Å². The highest BCUT2D eigenvalue weighted by molar-refractivity contribution is 5.56. The molecule has 1 aliphatic heterocycles. The zero-order valence-corrected chi connectivity index (χ0v) is 13.5. The number of nitrogens with one attached hydrogen (secondary N) is 1. The van der Waals surface area contributed by atoms with Crippen LogP contribution in [0.15, 0.2) is 42.7 Å². The molecule has 3 rings (SSSR count). The number of likely N-dealkylation sites (N-methyl/N-ethyl adjacent to an activating group) is 1. The molecule has 1 aliphatic rings. The van der Waals surface area contributed by atoms with E-state index in [1.807, 2.05) is 12.4 Å². The molecule has 1 aromatic carbocycles. The average molecular weight is 295 g/mol. The Balaban J connectivity index is 1.53. The molecule has 116 valence electrons. The number of nitrogens with zero attached hydrogens (tertiary/aromatic N) is 2. The predicted octanol–water partition coefficient (Wildman–Crippen LogP) is 3.16. The van der Waals surface area contributed by atoms with Gasteiger partial charge >= 0.3 is 0 Å². The number of rotatable bonds is 6. The fourth-order valence-electron chi connectivity index (χ4n) is 3.06. The molecule has 2 aromatic rings. The maximum Gasteiger partial charge on any atom is 0.0373 e. The standard InChI is InChI=1S/C19H25N3/c1-15(22(2)12-8-16-5-9-20-10-6-16)13-17-3-4-19-18(14-17)7-11-21-19/h3-6,9-10,14-15,21H,7-8,11-13H2,1-2H3. The number of anilines is 1. The largest absolute Gasteiger partial charge is 0.384 e. The summed E-state index contributed by atoms with van der Waals surface area (Å²) in [5.41, 5.74) is 5.61. The summed E-state index contributed by atoms with van der Waals surface area (Å²) in [6.45, 7) is 4.48. The Hall–Kier alpha value is -1.87. The molecule has 1 N–H and O–H groups in total. The Kier molecular flexibility index (Phi) is 4.74. The lowest BCUT2D eigenvalue weighted by molar-refractivity contribution is 0.259. The van der Waals surface area contributed by atoms with E-state index in [9.17, 15) is 0 Å². The van der Waals surface area contributed by atoms with Crippen LogP contribution < -0.4 is 5.32 Å². The van der Waals surface area contributed by atoms with Crippen molar-refractivity contribution in [3.05, 3.63) is 59.4 Å².